The van der Waals surface area contributed by atoms with Crippen molar-refractivity contribution in [2.45, 2.75) is 45.2 Å². The van der Waals surface area contributed by atoms with E-state index in [0.717, 1.165) is 18.2 Å². The number of carbonyl (C=O) groups is 1. The topological polar surface area (TPSA) is 64.3 Å². The lowest BCUT2D eigenvalue weighted by molar-refractivity contribution is -0.124. The van der Waals surface area contributed by atoms with Crippen LogP contribution in [0.4, 0.5) is 8.78 Å². The van der Waals surface area contributed by atoms with Gasteiger partial charge in [0, 0.05) is 12.1 Å². The standard InChI is InChI=1S/C15H22F2N2O2/c1-10(2)19-15(3,14(18)20)7-4-8-21-13-9-11(16)5-6-12(13)17/h5-6,9-10,19H,4,7-8H2,1-3H3,(H2,18,20). The van der Waals surface area contributed by atoms with Crippen LogP contribution in [0.15, 0.2) is 18.2 Å². The first-order valence-electron chi connectivity index (χ1n) is 6.90. The summed E-state index contributed by atoms with van der Waals surface area (Å²) in [5, 5.41) is 3.11. The maximum Gasteiger partial charge on any atom is 0.237 e. The fraction of sp³-hybridized carbons (Fsp3) is 0.533. The van der Waals surface area contributed by atoms with Crippen LogP contribution in [0.1, 0.15) is 33.6 Å². The number of benzene rings is 1. The van der Waals surface area contributed by atoms with E-state index >= 15 is 0 Å². The summed E-state index contributed by atoms with van der Waals surface area (Å²) in [7, 11) is 0. The van der Waals surface area contributed by atoms with Gasteiger partial charge in [0.15, 0.2) is 11.6 Å². The lowest BCUT2D eigenvalue weighted by atomic mass is 9.94. The molecule has 0 aromatic heterocycles. The third-order valence-electron chi connectivity index (χ3n) is 3.12. The van der Waals surface area contributed by atoms with Gasteiger partial charge in [-0.3, -0.25) is 4.79 Å². The van der Waals surface area contributed by atoms with Gasteiger partial charge in [0.25, 0.3) is 0 Å². The third-order valence-corrected chi connectivity index (χ3v) is 3.12. The van der Waals surface area contributed by atoms with Crippen molar-refractivity contribution < 1.29 is 18.3 Å². The van der Waals surface area contributed by atoms with E-state index in [9.17, 15) is 13.6 Å². The van der Waals surface area contributed by atoms with Crippen molar-refractivity contribution >= 4 is 5.91 Å². The molecule has 21 heavy (non-hydrogen) atoms. The molecule has 0 aliphatic heterocycles. The van der Waals surface area contributed by atoms with Crippen LogP contribution in [-0.4, -0.2) is 24.1 Å². The third kappa shape index (κ3) is 5.30. The van der Waals surface area contributed by atoms with Crippen LogP contribution in [0.25, 0.3) is 0 Å². The maximum absolute atomic E-state index is 13.4. The minimum Gasteiger partial charge on any atom is -0.490 e. The lowest BCUT2D eigenvalue weighted by Crippen LogP contribution is -2.55. The van der Waals surface area contributed by atoms with E-state index in [1.54, 1.807) is 6.92 Å². The molecule has 0 aliphatic carbocycles. The molecule has 0 aliphatic rings. The molecular formula is C15H22F2N2O2. The van der Waals surface area contributed by atoms with Crippen LogP contribution in [-0.2, 0) is 4.79 Å². The minimum atomic E-state index is -0.849. The van der Waals surface area contributed by atoms with Crippen LogP contribution >= 0.6 is 0 Å². The highest BCUT2D eigenvalue weighted by Gasteiger charge is 2.30. The summed E-state index contributed by atoms with van der Waals surface area (Å²) in [6.45, 7) is 5.72. The quantitative estimate of drug-likeness (QED) is 0.724. The van der Waals surface area contributed by atoms with E-state index in [1.165, 1.54) is 0 Å². The van der Waals surface area contributed by atoms with Crippen molar-refractivity contribution in [2.24, 2.45) is 5.73 Å². The first-order valence-corrected chi connectivity index (χ1v) is 6.90. The summed E-state index contributed by atoms with van der Waals surface area (Å²) in [6, 6.07) is 3.14. The fourth-order valence-corrected chi connectivity index (χ4v) is 2.10. The first-order chi connectivity index (χ1) is 9.74. The van der Waals surface area contributed by atoms with Crippen molar-refractivity contribution in [3.63, 3.8) is 0 Å². The van der Waals surface area contributed by atoms with Gasteiger partial charge in [0.05, 0.1) is 12.1 Å². The van der Waals surface area contributed by atoms with Crippen molar-refractivity contribution in [3.8, 4) is 5.75 Å². The zero-order chi connectivity index (χ0) is 16.0. The first kappa shape index (κ1) is 17.4. The molecule has 3 N–H and O–H groups in total. The average Bonchev–Trinajstić information content (AvgIpc) is 2.37. The van der Waals surface area contributed by atoms with Gasteiger partial charge in [-0.1, -0.05) is 0 Å². The normalized spacial score (nSPS) is 14.0. The molecule has 1 aromatic rings. The summed E-state index contributed by atoms with van der Waals surface area (Å²) in [4.78, 5) is 11.5. The van der Waals surface area contributed by atoms with E-state index in [4.69, 9.17) is 10.5 Å². The van der Waals surface area contributed by atoms with E-state index in [0.29, 0.717) is 12.8 Å². The molecule has 4 nitrogen and oxygen atoms in total. The van der Waals surface area contributed by atoms with Crippen molar-refractivity contribution in [1.29, 1.82) is 0 Å². The molecule has 1 unspecified atom stereocenters. The number of carbonyl (C=O) groups excluding carboxylic acids is 1. The van der Waals surface area contributed by atoms with Crippen molar-refractivity contribution in [3.05, 3.63) is 29.8 Å². The van der Waals surface area contributed by atoms with Crippen LogP contribution in [0.2, 0.25) is 0 Å². The Morgan fingerprint density at radius 2 is 2.10 bits per heavy atom. The van der Waals surface area contributed by atoms with E-state index in [2.05, 4.69) is 5.32 Å². The van der Waals surface area contributed by atoms with E-state index < -0.39 is 23.1 Å². The molecular weight excluding hydrogens is 278 g/mol. The average molecular weight is 300 g/mol. The SMILES string of the molecule is CC(C)NC(C)(CCCOc1cc(F)ccc1F)C(N)=O. The number of rotatable bonds is 8. The van der Waals surface area contributed by atoms with Gasteiger partial charge < -0.3 is 15.8 Å². The molecule has 0 fully saturated rings. The zero-order valence-electron chi connectivity index (χ0n) is 12.6. The molecule has 0 radical (unpaired) electrons. The van der Waals surface area contributed by atoms with Gasteiger partial charge in [0.2, 0.25) is 5.91 Å². The molecule has 0 spiro atoms. The van der Waals surface area contributed by atoms with Crippen LogP contribution in [0, 0.1) is 11.6 Å². The van der Waals surface area contributed by atoms with Gasteiger partial charge in [-0.25, -0.2) is 8.78 Å². The smallest absolute Gasteiger partial charge is 0.237 e. The Labute approximate surface area is 123 Å². The minimum absolute atomic E-state index is 0.101. The summed E-state index contributed by atoms with van der Waals surface area (Å²) in [6.07, 6.45) is 0.923. The van der Waals surface area contributed by atoms with Gasteiger partial charge in [-0.15, -0.1) is 0 Å². The Morgan fingerprint density at radius 3 is 2.67 bits per heavy atom. The number of nitrogens with one attached hydrogen (secondary N) is 1. The Hall–Kier alpha value is -1.69. The highest BCUT2D eigenvalue weighted by Crippen LogP contribution is 2.19. The molecule has 0 saturated heterocycles. The summed E-state index contributed by atoms with van der Waals surface area (Å²) < 4.78 is 31.5. The summed E-state index contributed by atoms with van der Waals surface area (Å²) in [5.74, 6) is -1.76. The number of amides is 1. The fourth-order valence-electron chi connectivity index (χ4n) is 2.10. The van der Waals surface area contributed by atoms with E-state index in [-0.39, 0.29) is 18.4 Å². The molecule has 1 aromatic carbocycles. The molecule has 0 saturated carbocycles. The number of ether oxygens (including phenoxy) is 1. The molecule has 1 amide bonds. The molecule has 0 bridgehead atoms. The molecule has 6 heteroatoms. The Kier molecular flexibility index (Phi) is 6.08. The predicted octanol–water partition coefficient (Wildman–Crippen LogP) is 2.37. The van der Waals surface area contributed by atoms with E-state index in [1.807, 2.05) is 13.8 Å². The van der Waals surface area contributed by atoms with Crippen LogP contribution in [0.3, 0.4) is 0 Å². The lowest BCUT2D eigenvalue weighted by Gasteiger charge is -2.29. The summed E-state index contributed by atoms with van der Waals surface area (Å²) >= 11 is 0. The number of nitrogens with two attached hydrogens (primary N) is 1. The molecule has 118 valence electrons. The molecule has 1 atom stereocenters. The number of hydrogen-bond acceptors (Lipinski definition) is 3. The number of halogens is 2. The van der Waals surface area contributed by atoms with Gasteiger partial charge in [-0.05, 0) is 45.7 Å². The second-order valence-corrected chi connectivity index (χ2v) is 5.52. The van der Waals surface area contributed by atoms with Crippen molar-refractivity contribution in [2.75, 3.05) is 6.61 Å². The Balaban J connectivity index is 2.51. The second-order valence-electron chi connectivity index (χ2n) is 5.52. The zero-order valence-corrected chi connectivity index (χ0v) is 12.6. The Bertz CT molecular complexity index is 495. The second kappa shape index (κ2) is 7.36. The number of hydrogen-bond donors (Lipinski definition) is 2. The Morgan fingerprint density at radius 1 is 1.43 bits per heavy atom. The van der Waals surface area contributed by atoms with Crippen LogP contribution in [0.5, 0.6) is 5.75 Å². The van der Waals surface area contributed by atoms with Crippen molar-refractivity contribution in [1.82, 2.24) is 5.32 Å². The predicted molar refractivity (Wildman–Crippen MR) is 77.0 cm³/mol. The molecule has 1 rings (SSSR count). The van der Waals surface area contributed by atoms with Gasteiger partial charge in [-0.2, -0.15) is 0 Å². The largest absolute Gasteiger partial charge is 0.490 e. The highest BCUT2D eigenvalue weighted by molar-refractivity contribution is 5.84. The highest BCUT2D eigenvalue weighted by atomic mass is 19.1. The maximum atomic E-state index is 13.4. The number of primary amides is 1. The van der Waals surface area contributed by atoms with Gasteiger partial charge in [0.1, 0.15) is 5.82 Å². The monoisotopic (exact) mass is 300 g/mol. The molecule has 0 heterocycles. The van der Waals surface area contributed by atoms with Crippen LogP contribution < -0.4 is 15.8 Å². The summed E-state index contributed by atoms with van der Waals surface area (Å²) in [5.41, 5.74) is 4.56. The van der Waals surface area contributed by atoms with Gasteiger partial charge >= 0.3 is 0 Å².